The fourth-order valence-corrected chi connectivity index (χ4v) is 2.68. The molecule has 20 heavy (non-hydrogen) atoms. The highest BCUT2D eigenvalue weighted by molar-refractivity contribution is 9.10. The molecule has 2 rings (SSSR count). The summed E-state index contributed by atoms with van der Waals surface area (Å²) >= 11 is 3.12. The molecule has 0 heterocycles. The second-order valence-corrected chi connectivity index (χ2v) is 5.59. The third kappa shape index (κ3) is 2.68. The largest absolute Gasteiger partial charge is 0.353 e. The van der Waals surface area contributed by atoms with Gasteiger partial charge in [-0.3, -0.25) is 0 Å². The molecule has 0 aliphatic carbocycles. The second-order valence-electron chi connectivity index (χ2n) is 4.80. The molecule has 2 nitrogen and oxygen atoms in total. The number of nitrogens with zero attached hydrogens (tertiary/aromatic N) is 1. The lowest BCUT2D eigenvalue weighted by molar-refractivity contribution is 0.624. The van der Waals surface area contributed by atoms with Crippen molar-refractivity contribution >= 4 is 27.3 Å². The Balaban J connectivity index is 2.47. The molecule has 4 heteroatoms. The van der Waals surface area contributed by atoms with Crippen molar-refractivity contribution in [1.29, 1.82) is 5.26 Å². The summed E-state index contributed by atoms with van der Waals surface area (Å²) in [5, 5.41) is 12.0. The van der Waals surface area contributed by atoms with Crippen molar-refractivity contribution in [3.8, 4) is 6.07 Å². The molecular formula is C16H14BrFN2. The van der Waals surface area contributed by atoms with Gasteiger partial charge in [0.05, 0.1) is 15.7 Å². The standard InChI is InChI=1S/C16H14BrFN2/c1-9-6-10(2)16(11(3)7-9)20-13-5-4-12(8-19)14(17)15(13)18/h4-7,20H,1-3H3. The van der Waals surface area contributed by atoms with Gasteiger partial charge < -0.3 is 5.32 Å². The highest BCUT2D eigenvalue weighted by Gasteiger charge is 2.13. The van der Waals surface area contributed by atoms with Crippen LogP contribution in [-0.4, -0.2) is 0 Å². The maximum Gasteiger partial charge on any atom is 0.162 e. The first-order chi connectivity index (χ1) is 9.43. The Morgan fingerprint density at radius 3 is 2.30 bits per heavy atom. The molecule has 2 aromatic carbocycles. The van der Waals surface area contributed by atoms with E-state index in [1.54, 1.807) is 12.1 Å². The van der Waals surface area contributed by atoms with E-state index in [9.17, 15) is 4.39 Å². The lowest BCUT2D eigenvalue weighted by Gasteiger charge is -2.15. The molecule has 0 fully saturated rings. The van der Waals surface area contributed by atoms with Crippen LogP contribution >= 0.6 is 15.9 Å². The first-order valence-corrected chi connectivity index (χ1v) is 6.96. The van der Waals surface area contributed by atoms with Crippen LogP contribution in [0.15, 0.2) is 28.7 Å². The van der Waals surface area contributed by atoms with Gasteiger partial charge in [0.25, 0.3) is 0 Å². The van der Waals surface area contributed by atoms with Crippen LogP contribution in [0.2, 0.25) is 0 Å². The molecule has 0 aliphatic heterocycles. The number of nitrogens with one attached hydrogen (secondary N) is 1. The van der Waals surface area contributed by atoms with Gasteiger partial charge in [-0.1, -0.05) is 17.7 Å². The predicted octanol–water partition coefficient (Wildman–Crippen LogP) is 5.13. The van der Waals surface area contributed by atoms with Gasteiger partial charge >= 0.3 is 0 Å². The van der Waals surface area contributed by atoms with Gasteiger partial charge in [0.1, 0.15) is 6.07 Å². The van der Waals surface area contributed by atoms with Crippen LogP contribution in [0.3, 0.4) is 0 Å². The third-order valence-corrected chi connectivity index (χ3v) is 3.91. The Morgan fingerprint density at radius 1 is 1.15 bits per heavy atom. The van der Waals surface area contributed by atoms with Gasteiger partial charge in [0.2, 0.25) is 0 Å². The van der Waals surface area contributed by atoms with Crippen molar-refractivity contribution in [3.63, 3.8) is 0 Å². The molecule has 102 valence electrons. The Labute approximate surface area is 126 Å². The van der Waals surface area contributed by atoms with E-state index in [-0.39, 0.29) is 10.0 Å². The van der Waals surface area contributed by atoms with Gasteiger partial charge in [-0.25, -0.2) is 4.39 Å². The minimum atomic E-state index is -0.455. The van der Waals surface area contributed by atoms with E-state index in [1.165, 1.54) is 5.56 Å². The van der Waals surface area contributed by atoms with E-state index < -0.39 is 5.82 Å². The number of aryl methyl sites for hydroxylation is 3. The highest BCUT2D eigenvalue weighted by atomic mass is 79.9. The van der Waals surface area contributed by atoms with E-state index >= 15 is 0 Å². The maximum atomic E-state index is 14.2. The van der Waals surface area contributed by atoms with Gasteiger partial charge in [0, 0.05) is 5.69 Å². The average molecular weight is 333 g/mol. The molecule has 1 N–H and O–H groups in total. The third-order valence-electron chi connectivity index (χ3n) is 3.14. The number of benzene rings is 2. The monoisotopic (exact) mass is 332 g/mol. The normalized spacial score (nSPS) is 10.2. The van der Waals surface area contributed by atoms with Crippen LogP contribution in [0.4, 0.5) is 15.8 Å². The molecule has 0 saturated heterocycles. The van der Waals surface area contributed by atoms with Crippen LogP contribution in [0.25, 0.3) is 0 Å². The van der Waals surface area contributed by atoms with Crippen molar-refractivity contribution in [2.24, 2.45) is 0 Å². The summed E-state index contributed by atoms with van der Waals surface area (Å²) in [5.41, 5.74) is 4.82. The first-order valence-electron chi connectivity index (χ1n) is 6.17. The summed E-state index contributed by atoms with van der Waals surface area (Å²) in [7, 11) is 0. The van der Waals surface area contributed by atoms with Crippen molar-refractivity contribution in [3.05, 3.63) is 56.8 Å². The van der Waals surface area contributed by atoms with Crippen LogP contribution in [-0.2, 0) is 0 Å². The number of rotatable bonds is 2. The summed E-state index contributed by atoms with van der Waals surface area (Å²) in [4.78, 5) is 0. The molecule has 2 aromatic rings. The smallest absolute Gasteiger partial charge is 0.162 e. The van der Waals surface area contributed by atoms with Crippen molar-refractivity contribution < 1.29 is 4.39 Å². The molecule has 0 bridgehead atoms. The SMILES string of the molecule is Cc1cc(C)c(Nc2ccc(C#N)c(Br)c2F)c(C)c1. The number of halogens is 2. The minimum Gasteiger partial charge on any atom is -0.353 e. The zero-order chi connectivity index (χ0) is 14.9. The molecule has 0 atom stereocenters. The van der Waals surface area contributed by atoms with E-state index in [2.05, 4.69) is 21.2 Å². The van der Waals surface area contributed by atoms with E-state index in [1.807, 2.05) is 39.0 Å². The molecule has 0 saturated carbocycles. The molecule has 0 unspecified atom stereocenters. The molecule has 0 aliphatic rings. The zero-order valence-corrected chi connectivity index (χ0v) is 13.1. The zero-order valence-electron chi connectivity index (χ0n) is 11.5. The highest BCUT2D eigenvalue weighted by Crippen LogP contribution is 2.31. The molecule has 0 radical (unpaired) electrons. The fraction of sp³-hybridized carbons (Fsp3) is 0.188. The van der Waals surface area contributed by atoms with Crippen LogP contribution in [0.5, 0.6) is 0 Å². The van der Waals surface area contributed by atoms with E-state index in [0.29, 0.717) is 5.69 Å². The fourth-order valence-electron chi connectivity index (χ4n) is 2.24. The predicted molar refractivity (Wildman–Crippen MR) is 82.8 cm³/mol. The molecule has 0 spiro atoms. The Kier molecular flexibility index (Phi) is 4.10. The Morgan fingerprint density at radius 2 is 1.75 bits per heavy atom. The summed E-state index contributed by atoms with van der Waals surface area (Å²) in [6.07, 6.45) is 0. The van der Waals surface area contributed by atoms with Crippen LogP contribution in [0, 0.1) is 37.9 Å². The second kappa shape index (κ2) is 5.64. The van der Waals surface area contributed by atoms with E-state index in [4.69, 9.17) is 5.26 Å². The van der Waals surface area contributed by atoms with Crippen molar-refractivity contribution in [2.75, 3.05) is 5.32 Å². The van der Waals surface area contributed by atoms with Crippen LogP contribution in [0.1, 0.15) is 22.3 Å². The first kappa shape index (κ1) is 14.5. The maximum absolute atomic E-state index is 14.2. The van der Waals surface area contributed by atoms with Crippen molar-refractivity contribution in [2.45, 2.75) is 20.8 Å². The number of nitriles is 1. The average Bonchev–Trinajstić information content (AvgIpc) is 2.38. The van der Waals surface area contributed by atoms with Gasteiger partial charge in [-0.05, 0) is 60.0 Å². The minimum absolute atomic E-state index is 0.187. The summed E-state index contributed by atoms with van der Waals surface area (Å²) in [6.45, 7) is 6.00. The number of anilines is 2. The number of hydrogen-bond donors (Lipinski definition) is 1. The Hall–Kier alpha value is -1.86. The summed E-state index contributed by atoms with van der Waals surface area (Å²) < 4.78 is 14.4. The topological polar surface area (TPSA) is 35.8 Å². The van der Waals surface area contributed by atoms with Gasteiger partial charge in [-0.2, -0.15) is 5.26 Å². The molecule has 0 aromatic heterocycles. The lowest BCUT2D eigenvalue weighted by Crippen LogP contribution is -2.00. The molecule has 0 amide bonds. The van der Waals surface area contributed by atoms with Gasteiger partial charge in [0.15, 0.2) is 5.82 Å². The Bertz CT molecular complexity index is 694. The summed E-state index contributed by atoms with van der Waals surface area (Å²) in [5.74, 6) is -0.455. The quantitative estimate of drug-likeness (QED) is 0.827. The van der Waals surface area contributed by atoms with Crippen molar-refractivity contribution in [1.82, 2.24) is 0 Å². The summed E-state index contributed by atoms with van der Waals surface area (Å²) in [6, 6.07) is 9.21. The molecular weight excluding hydrogens is 319 g/mol. The lowest BCUT2D eigenvalue weighted by atomic mass is 10.0. The van der Waals surface area contributed by atoms with Crippen LogP contribution < -0.4 is 5.32 Å². The number of hydrogen-bond acceptors (Lipinski definition) is 2. The van der Waals surface area contributed by atoms with E-state index in [0.717, 1.165) is 16.8 Å². The van der Waals surface area contributed by atoms with Gasteiger partial charge in [-0.15, -0.1) is 0 Å².